The molecule has 0 unspecified atom stereocenters. The first-order valence-electron chi connectivity index (χ1n) is 10.7. The van der Waals surface area contributed by atoms with Gasteiger partial charge in [-0.05, 0) is 19.3 Å². The second-order valence-electron chi connectivity index (χ2n) is 6.97. The van der Waals surface area contributed by atoms with E-state index >= 15 is 0 Å². The van der Waals surface area contributed by atoms with Gasteiger partial charge in [-0.2, -0.15) is 0 Å². The van der Waals surface area contributed by atoms with E-state index in [1.54, 1.807) is 0 Å². The van der Waals surface area contributed by atoms with Crippen molar-refractivity contribution in [2.75, 3.05) is 6.61 Å². The first-order valence-corrected chi connectivity index (χ1v) is 10.7. The third-order valence-corrected chi connectivity index (χ3v) is 4.35. The molecule has 0 aliphatic carbocycles. The van der Waals surface area contributed by atoms with Crippen molar-refractivity contribution in [2.45, 2.75) is 110 Å². The van der Waals surface area contributed by atoms with Crippen LogP contribution in [0.2, 0.25) is 0 Å². The molecule has 0 saturated heterocycles. The van der Waals surface area contributed by atoms with Crippen molar-refractivity contribution in [1.82, 2.24) is 0 Å². The molecule has 0 amide bonds. The fraction of sp³-hybridized carbons (Fsp3) is 0.818. The van der Waals surface area contributed by atoms with Gasteiger partial charge in [0.15, 0.2) is 0 Å². The summed E-state index contributed by atoms with van der Waals surface area (Å²) in [5.41, 5.74) is 0. The average molecular weight is 369 g/mol. The number of carbonyl (C=O) groups excluding carboxylic acids is 2. The fourth-order valence-electron chi connectivity index (χ4n) is 2.88. The first-order chi connectivity index (χ1) is 12.6. The zero-order chi connectivity index (χ0) is 19.5. The van der Waals surface area contributed by atoms with Crippen LogP contribution in [0.15, 0.2) is 12.2 Å². The molecule has 0 aliphatic heterocycles. The van der Waals surface area contributed by atoms with Crippen LogP contribution in [-0.2, 0) is 19.1 Å². The number of esters is 2. The Bertz CT molecular complexity index is 370. The summed E-state index contributed by atoms with van der Waals surface area (Å²) in [7, 11) is 0. The third kappa shape index (κ3) is 16.2. The summed E-state index contributed by atoms with van der Waals surface area (Å²) in [6.45, 7) is 6.78. The molecule has 4 nitrogen and oxygen atoms in total. The van der Waals surface area contributed by atoms with Crippen LogP contribution in [0.25, 0.3) is 0 Å². The summed E-state index contributed by atoms with van der Waals surface area (Å²) >= 11 is 0. The Labute approximate surface area is 160 Å². The average Bonchev–Trinajstić information content (AvgIpc) is 2.62. The van der Waals surface area contributed by atoms with E-state index in [0.29, 0.717) is 6.61 Å². The van der Waals surface area contributed by atoms with Crippen molar-refractivity contribution in [1.29, 1.82) is 0 Å². The lowest BCUT2D eigenvalue weighted by atomic mass is 10.1. The molecule has 0 bridgehead atoms. The van der Waals surface area contributed by atoms with E-state index in [1.165, 1.54) is 57.1 Å². The minimum atomic E-state index is -0.468. The van der Waals surface area contributed by atoms with E-state index in [1.807, 2.05) is 0 Å². The number of ether oxygens (including phenoxy) is 2. The zero-order valence-electron chi connectivity index (χ0n) is 17.3. The van der Waals surface area contributed by atoms with Crippen molar-refractivity contribution in [3.05, 3.63) is 12.2 Å². The van der Waals surface area contributed by atoms with Crippen LogP contribution in [0.3, 0.4) is 0 Å². The number of carbonyl (C=O) groups is 2. The molecule has 4 heteroatoms. The van der Waals surface area contributed by atoms with E-state index in [2.05, 4.69) is 20.8 Å². The summed E-state index contributed by atoms with van der Waals surface area (Å²) in [5.74, 6) is -0.930. The van der Waals surface area contributed by atoms with E-state index in [9.17, 15) is 9.59 Å². The van der Waals surface area contributed by atoms with Crippen LogP contribution in [-0.4, -0.2) is 24.6 Å². The molecule has 0 radical (unpaired) electrons. The van der Waals surface area contributed by atoms with Crippen molar-refractivity contribution in [3.63, 3.8) is 0 Å². The molecular weight excluding hydrogens is 328 g/mol. The normalized spacial score (nSPS) is 11.2. The Kier molecular flexibility index (Phi) is 17.5. The molecular formula is C22H40O4. The molecule has 0 atom stereocenters. The van der Waals surface area contributed by atoms with Crippen molar-refractivity contribution < 1.29 is 19.1 Å². The van der Waals surface area contributed by atoms with Gasteiger partial charge in [-0.1, -0.05) is 85.0 Å². The minimum Gasteiger partial charge on any atom is -0.463 e. The molecule has 152 valence electrons. The molecule has 0 aromatic heterocycles. The van der Waals surface area contributed by atoms with Gasteiger partial charge in [-0.25, -0.2) is 9.59 Å². The topological polar surface area (TPSA) is 52.6 Å². The molecule has 0 aliphatic rings. The number of hydrogen-bond donors (Lipinski definition) is 0. The van der Waals surface area contributed by atoms with Gasteiger partial charge in [-0.15, -0.1) is 0 Å². The molecule has 0 N–H and O–H groups in total. The Morgan fingerprint density at radius 1 is 0.692 bits per heavy atom. The van der Waals surface area contributed by atoms with Crippen molar-refractivity contribution in [2.24, 2.45) is 0 Å². The number of unbranched alkanes of at least 4 members (excludes halogenated alkanes) is 8. The van der Waals surface area contributed by atoms with E-state index < -0.39 is 11.9 Å². The highest BCUT2D eigenvalue weighted by Crippen LogP contribution is 2.10. The van der Waals surface area contributed by atoms with Gasteiger partial charge in [0.1, 0.15) is 6.10 Å². The zero-order valence-corrected chi connectivity index (χ0v) is 17.3. The molecule has 0 rings (SSSR count). The molecule has 0 aromatic rings. The maximum atomic E-state index is 11.7. The Morgan fingerprint density at radius 3 is 1.73 bits per heavy atom. The fourth-order valence-corrected chi connectivity index (χ4v) is 2.88. The van der Waals surface area contributed by atoms with Gasteiger partial charge in [0.2, 0.25) is 0 Å². The molecule has 26 heavy (non-hydrogen) atoms. The quantitative estimate of drug-likeness (QED) is 0.176. The predicted molar refractivity (Wildman–Crippen MR) is 107 cm³/mol. The van der Waals surface area contributed by atoms with Crippen LogP contribution in [0.1, 0.15) is 104 Å². The molecule has 0 spiro atoms. The Hall–Kier alpha value is -1.32. The largest absolute Gasteiger partial charge is 0.463 e. The number of hydrogen-bond acceptors (Lipinski definition) is 4. The van der Waals surface area contributed by atoms with Crippen LogP contribution in [0.5, 0.6) is 0 Å². The maximum absolute atomic E-state index is 11.7. The summed E-state index contributed by atoms with van der Waals surface area (Å²) < 4.78 is 10.5. The maximum Gasteiger partial charge on any atom is 0.331 e. The monoisotopic (exact) mass is 368 g/mol. The molecule has 0 aromatic carbocycles. The van der Waals surface area contributed by atoms with E-state index in [4.69, 9.17) is 9.47 Å². The predicted octanol–water partition coefficient (Wildman–Crippen LogP) is 6.13. The second-order valence-corrected chi connectivity index (χ2v) is 6.97. The van der Waals surface area contributed by atoms with Gasteiger partial charge in [0.25, 0.3) is 0 Å². The van der Waals surface area contributed by atoms with Gasteiger partial charge in [-0.3, -0.25) is 0 Å². The number of rotatable bonds is 17. The van der Waals surface area contributed by atoms with Gasteiger partial charge in [0, 0.05) is 12.2 Å². The first kappa shape index (κ1) is 24.7. The lowest BCUT2D eigenvalue weighted by Gasteiger charge is -2.14. The highest BCUT2D eigenvalue weighted by Gasteiger charge is 2.11. The van der Waals surface area contributed by atoms with Gasteiger partial charge in [0.05, 0.1) is 6.61 Å². The van der Waals surface area contributed by atoms with Gasteiger partial charge < -0.3 is 9.47 Å². The second kappa shape index (κ2) is 18.5. The van der Waals surface area contributed by atoms with Crippen molar-refractivity contribution >= 4 is 11.9 Å². The Morgan fingerprint density at radius 2 is 1.19 bits per heavy atom. The molecule has 0 heterocycles. The molecule has 0 fully saturated rings. The summed E-state index contributed by atoms with van der Waals surface area (Å²) in [6, 6.07) is 0. The summed E-state index contributed by atoms with van der Waals surface area (Å²) in [6.07, 6.45) is 17.0. The smallest absolute Gasteiger partial charge is 0.331 e. The third-order valence-electron chi connectivity index (χ3n) is 4.35. The van der Waals surface area contributed by atoms with Crippen LogP contribution < -0.4 is 0 Å². The minimum absolute atomic E-state index is 0.0554. The van der Waals surface area contributed by atoms with Crippen LogP contribution in [0, 0.1) is 0 Å². The van der Waals surface area contributed by atoms with Gasteiger partial charge >= 0.3 is 11.9 Å². The highest BCUT2D eigenvalue weighted by atomic mass is 16.5. The van der Waals surface area contributed by atoms with E-state index in [0.717, 1.165) is 38.5 Å². The van der Waals surface area contributed by atoms with Crippen LogP contribution in [0.4, 0.5) is 0 Å². The highest BCUT2D eigenvalue weighted by molar-refractivity contribution is 5.91. The molecule has 0 saturated carbocycles. The van der Waals surface area contributed by atoms with E-state index in [-0.39, 0.29) is 6.10 Å². The lowest BCUT2D eigenvalue weighted by molar-refractivity contribution is -0.144. The lowest BCUT2D eigenvalue weighted by Crippen LogP contribution is -2.16. The standard InChI is InChI=1S/C22H40O4/c1-4-7-8-9-10-11-12-13-14-19-25-21(23)17-18-22(24)26-20(15-5-2)16-6-3/h17-18,20H,4-16,19H2,1-3H3/b18-17+. The van der Waals surface area contributed by atoms with Crippen molar-refractivity contribution in [3.8, 4) is 0 Å². The summed E-state index contributed by atoms with van der Waals surface area (Å²) in [4.78, 5) is 23.3. The Balaban J connectivity index is 3.68. The van der Waals surface area contributed by atoms with Crippen LogP contribution >= 0.6 is 0 Å². The SMILES string of the molecule is CCCCCCCCCCCOC(=O)/C=C/C(=O)OC(CCC)CCC. The summed E-state index contributed by atoms with van der Waals surface area (Å²) in [5, 5.41) is 0.